The molecule has 4 rings (SSSR count). The van der Waals surface area contributed by atoms with E-state index in [-0.39, 0.29) is 0 Å². The summed E-state index contributed by atoms with van der Waals surface area (Å²) in [6, 6.07) is 16.2. The van der Waals surface area contributed by atoms with Crippen LogP contribution in [0.2, 0.25) is 0 Å². The zero-order valence-electron chi connectivity index (χ0n) is 12.3. The maximum atomic E-state index is 4.18. The fourth-order valence-corrected chi connectivity index (χ4v) is 3.66. The maximum Gasteiger partial charge on any atom is 0.0270 e. The molecule has 21 heavy (non-hydrogen) atoms. The summed E-state index contributed by atoms with van der Waals surface area (Å²) in [5.74, 6) is 0.709. The van der Waals surface area contributed by atoms with E-state index >= 15 is 0 Å². The number of benzene rings is 1. The van der Waals surface area contributed by atoms with E-state index < -0.39 is 0 Å². The average Bonchev–Trinajstić information content (AvgIpc) is 3.33. The minimum atomic E-state index is 0.312. The molecule has 108 valence electrons. The molecule has 0 unspecified atom stereocenters. The standard InChI is InChI=1S/C19H22N2/c1-2-4-15(5-3-1)16-12-19(13-16,14-21-18-6-7-18)17-8-10-20-11-9-17/h1-5,8-11,16,18,21H,6-7,12-14H2. The quantitative estimate of drug-likeness (QED) is 0.903. The lowest BCUT2D eigenvalue weighted by Crippen LogP contribution is -2.48. The van der Waals surface area contributed by atoms with Gasteiger partial charge in [-0.2, -0.15) is 0 Å². The Balaban J connectivity index is 1.53. The number of rotatable bonds is 5. The lowest BCUT2D eigenvalue weighted by atomic mass is 9.57. The Morgan fingerprint density at radius 2 is 1.71 bits per heavy atom. The van der Waals surface area contributed by atoms with Gasteiger partial charge in [-0.15, -0.1) is 0 Å². The molecule has 2 saturated carbocycles. The van der Waals surface area contributed by atoms with E-state index in [1.807, 2.05) is 12.4 Å². The van der Waals surface area contributed by atoms with Gasteiger partial charge < -0.3 is 5.32 Å². The van der Waals surface area contributed by atoms with Crippen molar-refractivity contribution in [3.63, 3.8) is 0 Å². The minimum Gasteiger partial charge on any atom is -0.313 e. The summed E-state index contributed by atoms with van der Waals surface area (Å²) in [6.45, 7) is 1.12. The summed E-state index contributed by atoms with van der Waals surface area (Å²) in [6.07, 6.45) is 9.08. The van der Waals surface area contributed by atoms with Crippen LogP contribution in [0.5, 0.6) is 0 Å². The van der Waals surface area contributed by atoms with Crippen molar-refractivity contribution < 1.29 is 0 Å². The van der Waals surface area contributed by atoms with E-state index in [4.69, 9.17) is 0 Å². The normalized spacial score (nSPS) is 28.1. The minimum absolute atomic E-state index is 0.312. The molecule has 0 spiro atoms. The van der Waals surface area contributed by atoms with Crippen molar-refractivity contribution in [3.05, 3.63) is 66.0 Å². The van der Waals surface area contributed by atoms with Gasteiger partial charge in [0, 0.05) is 30.4 Å². The van der Waals surface area contributed by atoms with E-state index in [0.29, 0.717) is 11.3 Å². The van der Waals surface area contributed by atoms with E-state index in [9.17, 15) is 0 Å². The van der Waals surface area contributed by atoms with Crippen LogP contribution in [0.1, 0.15) is 42.7 Å². The summed E-state index contributed by atoms with van der Waals surface area (Å²) in [4.78, 5) is 4.18. The summed E-state index contributed by atoms with van der Waals surface area (Å²) in [5.41, 5.74) is 3.26. The third-order valence-electron chi connectivity index (χ3n) is 5.14. The first kappa shape index (κ1) is 13.0. The highest BCUT2D eigenvalue weighted by molar-refractivity contribution is 5.34. The first-order valence-corrected chi connectivity index (χ1v) is 8.05. The van der Waals surface area contributed by atoms with Crippen LogP contribution in [0.3, 0.4) is 0 Å². The number of nitrogens with zero attached hydrogens (tertiary/aromatic N) is 1. The Bertz CT molecular complexity index is 583. The Morgan fingerprint density at radius 3 is 2.38 bits per heavy atom. The van der Waals surface area contributed by atoms with Crippen molar-refractivity contribution in [2.45, 2.75) is 43.1 Å². The number of pyridine rings is 1. The lowest BCUT2D eigenvalue weighted by Gasteiger charge is -2.49. The fourth-order valence-electron chi connectivity index (χ4n) is 3.66. The zero-order valence-corrected chi connectivity index (χ0v) is 12.3. The summed E-state index contributed by atoms with van der Waals surface area (Å²) < 4.78 is 0. The van der Waals surface area contributed by atoms with Crippen LogP contribution in [0.15, 0.2) is 54.9 Å². The van der Waals surface area contributed by atoms with Gasteiger partial charge in [-0.3, -0.25) is 4.98 Å². The van der Waals surface area contributed by atoms with Gasteiger partial charge in [0.25, 0.3) is 0 Å². The van der Waals surface area contributed by atoms with Crippen LogP contribution < -0.4 is 5.32 Å². The molecule has 1 N–H and O–H groups in total. The Labute approximate surface area is 126 Å². The first-order valence-electron chi connectivity index (χ1n) is 8.05. The molecule has 0 radical (unpaired) electrons. The molecule has 0 amide bonds. The van der Waals surface area contributed by atoms with E-state index in [1.165, 1.54) is 36.8 Å². The van der Waals surface area contributed by atoms with Crippen molar-refractivity contribution in [1.82, 2.24) is 10.3 Å². The van der Waals surface area contributed by atoms with Gasteiger partial charge in [0.2, 0.25) is 0 Å². The topological polar surface area (TPSA) is 24.9 Å². The predicted molar refractivity (Wildman–Crippen MR) is 85.4 cm³/mol. The van der Waals surface area contributed by atoms with Gasteiger partial charge in [0.05, 0.1) is 0 Å². The summed E-state index contributed by atoms with van der Waals surface area (Å²) >= 11 is 0. The van der Waals surface area contributed by atoms with Crippen LogP contribution in [0, 0.1) is 0 Å². The number of nitrogens with one attached hydrogen (secondary N) is 1. The smallest absolute Gasteiger partial charge is 0.0270 e. The molecular formula is C19H22N2. The summed E-state index contributed by atoms with van der Waals surface area (Å²) in [7, 11) is 0. The van der Waals surface area contributed by atoms with Gasteiger partial charge in [0.15, 0.2) is 0 Å². The third kappa shape index (κ3) is 2.60. The second-order valence-electron chi connectivity index (χ2n) is 6.69. The molecule has 0 aliphatic heterocycles. The second-order valence-corrected chi connectivity index (χ2v) is 6.69. The monoisotopic (exact) mass is 278 g/mol. The van der Waals surface area contributed by atoms with Crippen molar-refractivity contribution in [1.29, 1.82) is 0 Å². The highest BCUT2D eigenvalue weighted by atomic mass is 15.0. The van der Waals surface area contributed by atoms with Gasteiger partial charge in [0.1, 0.15) is 0 Å². The Kier molecular flexibility index (Phi) is 3.27. The van der Waals surface area contributed by atoms with Gasteiger partial charge in [-0.25, -0.2) is 0 Å². The van der Waals surface area contributed by atoms with Crippen molar-refractivity contribution in [3.8, 4) is 0 Å². The van der Waals surface area contributed by atoms with Gasteiger partial charge >= 0.3 is 0 Å². The van der Waals surface area contributed by atoms with E-state index in [2.05, 4.69) is 52.8 Å². The lowest BCUT2D eigenvalue weighted by molar-refractivity contribution is 0.193. The van der Waals surface area contributed by atoms with Crippen molar-refractivity contribution >= 4 is 0 Å². The second kappa shape index (κ2) is 5.27. The van der Waals surface area contributed by atoms with Crippen LogP contribution in [0.25, 0.3) is 0 Å². The molecule has 0 atom stereocenters. The van der Waals surface area contributed by atoms with E-state index in [1.54, 1.807) is 0 Å². The number of hydrogen-bond acceptors (Lipinski definition) is 2. The fraction of sp³-hybridized carbons (Fsp3) is 0.421. The van der Waals surface area contributed by atoms with E-state index in [0.717, 1.165) is 12.6 Å². The maximum absolute atomic E-state index is 4.18. The predicted octanol–water partition coefficient (Wildman–Crippen LogP) is 3.65. The highest BCUT2D eigenvalue weighted by Crippen LogP contribution is 2.52. The van der Waals surface area contributed by atoms with Gasteiger partial charge in [-0.05, 0) is 54.9 Å². The molecule has 2 aliphatic rings. The molecule has 1 aromatic heterocycles. The Hall–Kier alpha value is -1.67. The molecule has 0 bridgehead atoms. The van der Waals surface area contributed by atoms with Crippen LogP contribution in [-0.2, 0) is 5.41 Å². The zero-order chi connectivity index (χ0) is 14.1. The van der Waals surface area contributed by atoms with Crippen LogP contribution >= 0.6 is 0 Å². The molecular weight excluding hydrogens is 256 g/mol. The molecule has 2 heteroatoms. The third-order valence-corrected chi connectivity index (χ3v) is 5.14. The Morgan fingerprint density at radius 1 is 1.00 bits per heavy atom. The SMILES string of the molecule is c1ccc(C2CC(CNC3CC3)(c3ccncc3)C2)cc1. The summed E-state index contributed by atoms with van der Waals surface area (Å²) in [5, 5.41) is 3.75. The molecule has 2 aromatic rings. The largest absolute Gasteiger partial charge is 0.313 e. The molecule has 2 aliphatic carbocycles. The number of hydrogen-bond donors (Lipinski definition) is 1. The molecule has 2 fully saturated rings. The van der Waals surface area contributed by atoms with Gasteiger partial charge in [-0.1, -0.05) is 30.3 Å². The molecule has 0 saturated heterocycles. The average molecular weight is 278 g/mol. The van der Waals surface area contributed by atoms with Crippen LogP contribution in [0.4, 0.5) is 0 Å². The molecule has 1 heterocycles. The number of aromatic nitrogens is 1. The first-order chi connectivity index (χ1) is 10.4. The van der Waals surface area contributed by atoms with Crippen molar-refractivity contribution in [2.24, 2.45) is 0 Å². The molecule has 1 aromatic carbocycles. The van der Waals surface area contributed by atoms with Crippen LogP contribution in [-0.4, -0.2) is 17.6 Å². The highest BCUT2D eigenvalue weighted by Gasteiger charge is 2.46. The molecule has 2 nitrogen and oxygen atoms in total. The van der Waals surface area contributed by atoms with Crippen molar-refractivity contribution in [2.75, 3.05) is 6.54 Å².